The zero-order valence-corrected chi connectivity index (χ0v) is 10.6. The Morgan fingerprint density at radius 3 is 2.65 bits per heavy atom. The quantitative estimate of drug-likeness (QED) is 0.810. The van der Waals surface area contributed by atoms with E-state index in [1.807, 2.05) is 36.1 Å². The fourth-order valence-corrected chi connectivity index (χ4v) is 1.75. The summed E-state index contributed by atoms with van der Waals surface area (Å²) in [5, 5.41) is 12.3. The maximum absolute atomic E-state index is 11.4. The van der Waals surface area contributed by atoms with Gasteiger partial charge >= 0.3 is 0 Å². The lowest BCUT2D eigenvalue weighted by molar-refractivity contribution is -0.119. The van der Waals surface area contributed by atoms with Crippen LogP contribution in [0.4, 0.5) is 5.69 Å². The minimum absolute atomic E-state index is 0.0350. The number of rotatable bonds is 5. The van der Waals surface area contributed by atoms with Crippen molar-refractivity contribution in [2.45, 2.75) is 20.0 Å². The van der Waals surface area contributed by atoms with E-state index in [1.54, 1.807) is 14.0 Å². The molecule has 2 N–H and O–H groups in total. The number of nitrogens with zero attached hydrogens (tertiary/aromatic N) is 1. The lowest BCUT2D eigenvalue weighted by atomic mass is 10.1. The third-order valence-corrected chi connectivity index (χ3v) is 2.72. The molecular formula is C13H20N2O2. The average molecular weight is 236 g/mol. The average Bonchev–Trinajstić information content (AvgIpc) is 2.35. The molecular weight excluding hydrogens is 216 g/mol. The Kier molecular flexibility index (Phi) is 4.97. The third-order valence-electron chi connectivity index (χ3n) is 2.72. The van der Waals surface area contributed by atoms with Crippen molar-refractivity contribution in [1.29, 1.82) is 0 Å². The van der Waals surface area contributed by atoms with E-state index in [0.29, 0.717) is 6.54 Å². The molecule has 4 nitrogen and oxygen atoms in total. The van der Waals surface area contributed by atoms with E-state index in [0.717, 1.165) is 17.8 Å². The summed E-state index contributed by atoms with van der Waals surface area (Å²) in [7, 11) is 1.62. The van der Waals surface area contributed by atoms with Crippen molar-refractivity contribution in [3.05, 3.63) is 29.8 Å². The van der Waals surface area contributed by atoms with E-state index >= 15 is 0 Å². The van der Waals surface area contributed by atoms with E-state index in [4.69, 9.17) is 0 Å². The fourth-order valence-electron chi connectivity index (χ4n) is 1.75. The number of carbonyl (C=O) groups excluding carboxylic acids is 1. The Morgan fingerprint density at radius 1 is 1.47 bits per heavy atom. The number of hydrogen-bond acceptors (Lipinski definition) is 3. The van der Waals surface area contributed by atoms with Gasteiger partial charge in [0.2, 0.25) is 5.91 Å². The molecule has 0 aliphatic heterocycles. The molecule has 1 aromatic carbocycles. The summed E-state index contributed by atoms with van der Waals surface area (Å²) in [6.45, 7) is 4.74. The van der Waals surface area contributed by atoms with Crippen molar-refractivity contribution in [1.82, 2.24) is 5.32 Å². The van der Waals surface area contributed by atoms with Crippen molar-refractivity contribution >= 4 is 11.6 Å². The van der Waals surface area contributed by atoms with Gasteiger partial charge in [0.25, 0.3) is 0 Å². The van der Waals surface area contributed by atoms with Gasteiger partial charge in [-0.3, -0.25) is 4.79 Å². The summed E-state index contributed by atoms with van der Waals surface area (Å²) in [5.41, 5.74) is 1.76. The molecule has 94 valence electrons. The molecule has 4 heteroatoms. The Hall–Kier alpha value is -1.55. The first-order chi connectivity index (χ1) is 8.10. The number of para-hydroxylation sites is 1. The van der Waals surface area contributed by atoms with Gasteiger partial charge in [-0.25, -0.2) is 0 Å². The molecule has 1 amide bonds. The molecule has 1 atom stereocenters. The monoisotopic (exact) mass is 236 g/mol. The first-order valence-electron chi connectivity index (χ1n) is 5.82. The van der Waals surface area contributed by atoms with Gasteiger partial charge in [0.15, 0.2) is 0 Å². The molecule has 0 aliphatic carbocycles. The van der Waals surface area contributed by atoms with Gasteiger partial charge in [-0.1, -0.05) is 18.2 Å². The summed E-state index contributed by atoms with van der Waals surface area (Å²) in [6, 6.07) is 7.61. The van der Waals surface area contributed by atoms with Gasteiger partial charge in [-0.2, -0.15) is 0 Å². The normalized spacial score (nSPS) is 12.0. The predicted molar refractivity (Wildman–Crippen MR) is 69.0 cm³/mol. The van der Waals surface area contributed by atoms with Crippen LogP contribution >= 0.6 is 0 Å². The highest BCUT2D eigenvalue weighted by Crippen LogP contribution is 2.25. The number of aliphatic hydroxyl groups is 1. The van der Waals surface area contributed by atoms with Crippen molar-refractivity contribution in [2.75, 3.05) is 25.0 Å². The lowest BCUT2D eigenvalue weighted by Gasteiger charge is -2.25. The molecule has 0 spiro atoms. The van der Waals surface area contributed by atoms with Gasteiger partial charge in [-0.15, -0.1) is 0 Å². The van der Waals surface area contributed by atoms with Crippen LogP contribution in [0.5, 0.6) is 0 Å². The van der Waals surface area contributed by atoms with E-state index < -0.39 is 6.10 Å². The zero-order valence-electron chi connectivity index (χ0n) is 10.6. The Balaban J connectivity index is 2.98. The van der Waals surface area contributed by atoms with Crippen LogP contribution in [0.25, 0.3) is 0 Å². The second-order valence-electron chi connectivity index (χ2n) is 3.92. The van der Waals surface area contributed by atoms with Crippen molar-refractivity contribution < 1.29 is 9.90 Å². The molecule has 0 radical (unpaired) electrons. The van der Waals surface area contributed by atoms with Gasteiger partial charge in [0, 0.05) is 24.8 Å². The summed E-state index contributed by atoms with van der Waals surface area (Å²) >= 11 is 0. The number of benzene rings is 1. The molecule has 17 heavy (non-hydrogen) atoms. The predicted octanol–water partition coefficient (Wildman–Crippen LogP) is 1.31. The van der Waals surface area contributed by atoms with Crippen LogP contribution < -0.4 is 10.2 Å². The molecule has 0 unspecified atom stereocenters. The Labute approximate surface area is 102 Å². The minimum atomic E-state index is -0.537. The minimum Gasteiger partial charge on any atom is -0.389 e. The number of carbonyl (C=O) groups is 1. The number of hydrogen-bond donors (Lipinski definition) is 2. The second-order valence-corrected chi connectivity index (χ2v) is 3.92. The molecule has 1 rings (SSSR count). The van der Waals surface area contributed by atoms with E-state index in [9.17, 15) is 9.90 Å². The molecule has 0 saturated carbocycles. The van der Waals surface area contributed by atoms with Gasteiger partial charge < -0.3 is 15.3 Å². The largest absolute Gasteiger partial charge is 0.389 e. The van der Waals surface area contributed by atoms with Crippen LogP contribution in [-0.2, 0) is 4.79 Å². The van der Waals surface area contributed by atoms with Gasteiger partial charge in [0.1, 0.15) is 0 Å². The van der Waals surface area contributed by atoms with E-state index in [2.05, 4.69) is 5.32 Å². The highest BCUT2D eigenvalue weighted by atomic mass is 16.3. The molecule has 0 aromatic heterocycles. The first-order valence-corrected chi connectivity index (χ1v) is 5.82. The SMILES string of the molecule is CCN(CC(=O)NC)c1ccccc1[C@@H](C)O. The number of aliphatic hydroxyl groups excluding tert-OH is 1. The number of amides is 1. The second kappa shape index (κ2) is 6.25. The molecule has 0 heterocycles. The number of anilines is 1. The summed E-state index contributed by atoms with van der Waals surface area (Å²) in [6.07, 6.45) is -0.537. The molecule has 0 fully saturated rings. The van der Waals surface area contributed by atoms with Crippen LogP contribution in [0.3, 0.4) is 0 Å². The third kappa shape index (κ3) is 3.46. The highest BCUT2D eigenvalue weighted by molar-refractivity contribution is 5.81. The first kappa shape index (κ1) is 13.5. The maximum atomic E-state index is 11.4. The van der Waals surface area contributed by atoms with Crippen LogP contribution in [0.15, 0.2) is 24.3 Å². The van der Waals surface area contributed by atoms with Crippen LogP contribution in [0.1, 0.15) is 25.5 Å². The molecule has 0 bridgehead atoms. The zero-order chi connectivity index (χ0) is 12.8. The van der Waals surface area contributed by atoms with Crippen molar-refractivity contribution in [3.63, 3.8) is 0 Å². The fraction of sp³-hybridized carbons (Fsp3) is 0.462. The van der Waals surface area contributed by atoms with Gasteiger partial charge in [-0.05, 0) is 19.9 Å². The van der Waals surface area contributed by atoms with Crippen LogP contribution in [0, 0.1) is 0 Å². The Morgan fingerprint density at radius 2 is 2.12 bits per heavy atom. The standard InChI is InChI=1S/C13H20N2O2/c1-4-15(9-13(17)14-3)12-8-6-5-7-11(12)10(2)16/h5-8,10,16H,4,9H2,1-3H3,(H,14,17)/t10-/m1/s1. The molecule has 0 saturated heterocycles. The van der Waals surface area contributed by atoms with E-state index in [1.165, 1.54) is 0 Å². The lowest BCUT2D eigenvalue weighted by Crippen LogP contribution is -2.36. The maximum Gasteiger partial charge on any atom is 0.239 e. The topological polar surface area (TPSA) is 52.6 Å². The van der Waals surface area contributed by atoms with E-state index in [-0.39, 0.29) is 5.91 Å². The number of nitrogens with one attached hydrogen (secondary N) is 1. The highest BCUT2D eigenvalue weighted by Gasteiger charge is 2.14. The Bertz CT molecular complexity index is 377. The molecule has 0 aliphatic rings. The summed E-state index contributed by atoms with van der Waals surface area (Å²) in [4.78, 5) is 13.4. The number of likely N-dealkylation sites (N-methyl/N-ethyl adjacent to an activating group) is 2. The van der Waals surface area contributed by atoms with Gasteiger partial charge in [0.05, 0.1) is 12.6 Å². The van der Waals surface area contributed by atoms with Crippen molar-refractivity contribution in [2.24, 2.45) is 0 Å². The molecule has 1 aromatic rings. The summed E-state index contributed by atoms with van der Waals surface area (Å²) < 4.78 is 0. The van der Waals surface area contributed by atoms with Crippen LogP contribution in [0.2, 0.25) is 0 Å². The summed E-state index contributed by atoms with van der Waals surface area (Å²) in [5.74, 6) is -0.0350. The smallest absolute Gasteiger partial charge is 0.239 e. The van der Waals surface area contributed by atoms with Crippen molar-refractivity contribution in [3.8, 4) is 0 Å². The van der Waals surface area contributed by atoms with Crippen LogP contribution in [-0.4, -0.2) is 31.2 Å².